The van der Waals surface area contributed by atoms with Crippen molar-refractivity contribution in [1.82, 2.24) is 9.99 Å². The first-order valence-corrected chi connectivity index (χ1v) is 9.50. The molecule has 3 rings (SSSR count). The molecule has 0 atom stereocenters. The molecule has 8 heteroatoms. The van der Waals surface area contributed by atoms with Crippen LogP contribution in [0.25, 0.3) is 5.69 Å². The molecule has 0 radical (unpaired) electrons. The first-order chi connectivity index (χ1) is 14.4. The second-order valence-corrected chi connectivity index (χ2v) is 6.96. The molecule has 154 valence electrons. The first-order valence-electron chi connectivity index (χ1n) is 9.12. The number of anilines is 1. The van der Waals surface area contributed by atoms with Crippen LogP contribution in [0.15, 0.2) is 59.7 Å². The van der Waals surface area contributed by atoms with E-state index in [9.17, 15) is 9.59 Å². The summed E-state index contributed by atoms with van der Waals surface area (Å²) in [7, 11) is 1.52. The normalized spacial score (nSPS) is 10.8. The van der Waals surface area contributed by atoms with E-state index < -0.39 is 11.8 Å². The lowest BCUT2D eigenvalue weighted by atomic mass is 10.2. The summed E-state index contributed by atoms with van der Waals surface area (Å²) in [4.78, 5) is 24.1. The SMILES string of the molecule is COc1cccc(NC(=O)C(=O)N/N=C\c2cc(C)n(-c3ccc(Cl)cc3)c2C)c1. The van der Waals surface area contributed by atoms with Crippen molar-refractivity contribution in [3.63, 3.8) is 0 Å². The van der Waals surface area contributed by atoms with E-state index in [1.165, 1.54) is 13.3 Å². The molecule has 0 aliphatic heterocycles. The van der Waals surface area contributed by atoms with E-state index in [-0.39, 0.29) is 0 Å². The molecular formula is C22H21ClN4O3. The summed E-state index contributed by atoms with van der Waals surface area (Å²) in [5, 5.41) is 7.08. The number of rotatable bonds is 5. The molecule has 0 unspecified atom stereocenters. The van der Waals surface area contributed by atoms with E-state index in [2.05, 4.69) is 20.4 Å². The Bertz CT molecular complexity index is 1100. The lowest BCUT2D eigenvalue weighted by Gasteiger charge is -2.09. The van der Waals surface area contributed by atoms with E-state index in [0.29, 0.717) is 16.5 Å². The highest BCUT2D eigenvalue weighted by atomic mass is 35.5. The Morgan fingerprint density at radius 2 is 1.80 bits per heavy atom. The number of carbonyl (C=O) groups is 2. The molecule has 0 aliphatic carbocycles. The van der Waals surface area contributed by atoms with Crippen molar-refractivity contribution in [3.05, 3.63) is 76.6 Å². The number of ether oxygens (including phenoxy) is 1. The molecular weight excluding hydrogens is 404 g/mol. The Hall–Kier alpha value is -3.58. The lowest BCUT2D eigenvalue weighted by Crippen LogP contribution is -2.32. The number of methoxy groups -OCH3 is 1. The maximum atomic E-state index is 12.0. The Labute approximate surface area is 179 Å². The third-order valence-electron chi connectivity index (χ3n) is 4.46. The van der Waals surface area contributed by atoms with Crippen LogP contribution in [0.3, 0.4) is 0 Å². The quantitative estimate of drug-likeness (QED) is 0.370. The van der Waals surface area contributed by atoms with Crippen molar-refractivity contribution in [2.24, 2.45) is 5.10 Å². The highest BCUT2D eigenvalue weighted by molar-refractivity contribution is 6.39. The minimum Gasteiger partial charge on any atom is -0.497 e. The fourth-order valence-corrected chi connectivity index (χ4v) is 3.13. The molecule has 0 bridgehead atoms. The van der Waals surface area contributed by atoms with Gasteiger partial charge in [0, 0.05) is 39.4 Å². The minimum atomic E-state index is -0.874. The van der Waals surface area contributed by atoms with Crippen LogP contribution in [0.2, 0.25) is 5.02 Å². The van der Waals surface area contributed by atoms with Gasteiger partial charge in [0.05, 0.1) is 13.3 Å². The van der Waals surface area contributed by atoms with Crippen LogP contribution in [-0.2, 0) is 9.59 Å². The zero-order valence-electron chi connectivity index (χ0n) is 16.8. The average Bonchev–Trinajstić information content (AvgIpc) is 3.02. The second-order valence-electron chi connectivity index (χ2n) is 6.52. The number of benzene rings is 2. The Balaban J connectivity index is 1.66. The number of hydrogen-bond acceptors (Lipinski definition) is 4. The zero-order chi connectivity index (χ0) is 21.7. The standard InChI is InChI=1S/C22H21ClN4O3/c1-14-11-16(15(2)27(14)19-9-7-17(23)8-10-19)13-24-26-22(29)21(28)25-18-5-4-6-20(12-18)30-3/h4-13H,1-3H3,(H,25,28)(H,26,29)/b24-13-. The Kier molecular flexibility index (Phi) is 6.54. The number of nitrogens with zero attached hydrogens (tertiary/aromatic N) is 2. The average molecular weight is 425 g/mol. The highest BCUT2D eigenvalue weighted by Crippen LogP contribution is 2.21. The van der Waals surface area contributed by atoms with Gasteiger partial charge in [-0.25, -0.2) is 5.43 Å². The molecule has 1 aromatic heterocycles. The molecule has 7 nitrogen and oxygen atoms in total. The van der Waals surface area contributed by atoms with Gasteiger partial charge in [0.2, 0.25) is 0 Å². The van der Waals surface area contributed by atoms with Crippen molar-refractivity contribution in [2.45, 2.75) is 13.8 Å². The van der Waals surface area contributed by atoms with E-state index in [0.717, 1.165) is 22.6 Å². The maximum Gasteiger partial charge on any atom is 0.329 e. The third kappa shape index (κ3) is 4.87. The number of nitrogens with one attached hydrogen (secondary N) is 2. The van der Waals surface area contributed by atoms with Gasteiger partial charge in [0.15, 0.2) is 0 Å². The van der Waals surface area contributed by atoms with Gasteiger partial charge in [-0.05, 0) is 56.3 Å². The van der Waals surface area contributed by atoms with E-state index >= 15 is 0 Å². The van der Waals surface area contributed by atoms with Gasteiger partial charge in [-0.15, -0.1) is 0 Å². The van der Waals surface area contributed by atoms with Gasteiger partial charge in [-0.2, -0.15) is 5.10 Å². The van der Waals surface area contributed by atoms with Crippen LogP contribution in [0, 0.1) is 13.8 Å². The molecule has 30 heavy (non-hydrogen) atoms. The molecule has 2 amide bonds. The van der Waals surface area contributed by atoms with Crippen LogP contribution in [0.1, 0.15) is 17.0 Å². The predicted octanol–water partition coefficient (Wildman–Crippen LogP) is 3.84. The lowest BCUT2D eigenvalue weighted by molar-refractivity contribution is -0.136. The monoisotopic (exact) mass is 424 g/mol. The summed E-state index contributed by atoms with van der Waals surface area (Å²) in [6.07, 6.45) is 1.51. The molecule has 0 fully saturated rings. The fraction of sp³-hybridized carbons (Fsp3) is 0.136. The number of carbonyl (C=O) groups excluding carboxylic acids is 2. The summed E-state index contributed by atoms with van der Waals surface area (Å²) >= 11 is 5.96. The van der Waals surface area contributed by atoms with Crippen LogP contribution < -0.4 is 15.5 Å². The number of hydrogen-bond donors (Lipinski definition) is 2. The third-order valence-corrected chi connectivity index (χ3v) is 4.71. The van der Waals surface area contributed by atoms with Gasteiger partial charge < -0.3 is 14.6 Å². The maximum absolute atomic E-state index is 12.0. The van der Waals surface area contributed by atoms with Crippen molar-refractivity contribution < 1.29 is 14.3 Å². The summed E-state index contributed by atoms with van der Waals surface area (Å²) in [5.41, 5.74) is 6.41. The van der Waals surface area contributed by atoms with Crippen molar-refractivity contribution in [1.29, 1.82) is 0 Å². The van der Waals surface area contributed by atoms with E-state index in [4.69, 9.17) is 16.3 Å². The van der Waals surface area contributed by atoms with Crippen molar-refractivity contribution in [3.8, 4) is 11.4 Å². The number of aromatic nitrogens is 1. The number of aryl methyl sites for hydroxylation is 1. The smallest absolute Gasteiger partial charge is 0.329 e. The molecule has 0 aliphatic rings. The fourth-order valence-electron chi connectivity index (χ4n) is 3.01. The number of halogens is 1. The molecule has 1 heterocycles. The zero-order valence-corrected chi connectivity index (χ0v) is 17.5. The summed E-state index contributed by atoms with van der Waals surface area (Å²) in [6, 6.07) is 16.2. The highest BCUT2D eigenvalue weighted by Gasteiger charge is 2.14. The van der Waals surface area contributed by atoms with Crippen LogP contribution in [-0.4, -0.2) is 29.7 Å². The molecule has 2 N–H and O–H groups in total. The Morgan fingerprint density at radius 3 is 2.50 bits per heavy atom. The molecule has 0 saturated heterocycles. The van der Waals surface area contributed by atoms with Crippen molar-refractivity contribution in [2.75, 3.05) is 12.4 Å². The summed E-state index contributed by atoms with van der Waals surface area (Å²) in [5.74, 6) is -1.13. The molecule has 3 aromatic rings. The Morgan fingerprint density at radius 1 is 1.07 bits per heavy atom. The van der Waals surface area contributed by atoms with Crippen LogP contribution in [0.5, 0.6) is 5.75 Å². The van der Waals surface area contributed by atoms with Crippen LogP contribution >= 0.6 is 11.6 Å². The largest absolute Gasteiger partial charge is 0.497 e. The van der Waals surface area contributed by atoms with E-state index in [1.807, 2.05) is 44.2 Å². The topological polar surface area (TPSA) is 84.7 Å². The molecule has 0 saturated carbocycles. The number of amides is 2. The predicted molar refractivity (Wildman–Crippen MR) is 118 cm³/mol. The van der Waals surface area contributed by atoms with Gasteiger partial charge >= 0.3 is 11.8 Å². The summed E-state index contributed by atoms with van der Waals surface area (Å²) in [6.45, 7) is 3.92. The van der Waals surface area contributed by atoms with Gasteiger partial charge in [0.25, 0.3) is 0 Å². The minimum absolute atomic E-state index is 0.449. The second kappa shape index (κ2) is 9.28. The van der Waals surface area contributed by atoms with Gasteiger partial charge in [0.1, 0.15) is 5.75 Å². The molecule has 2 aromatic carbocycles. The summed E-state index contributed by atoms with van der Waals surface area (Å²) < 4.78 is 7.14. The van der Waals surface area contributed by atoms with Gasteiger partial charge in [-0.1, -0.05) is 17.7 Å². The number of hydrazone groups is 1. The van der Waals surface area contributed by atoms with E-state index in [1.54, 1.807) is 24.3 Å². The van der Waals surface area contributed by atoms with Crippen LogP contribution in [0.4, 0.5) is 5.69 Å². The first kappa shape index (κ1) is 21.1. The van der Waals surface area contributed by atoms with Crippen molar-refractivity contribution >= 4 is 35.3 Å². The molecule has 0 spiro atoms. The van der Waals surface area contributed by atoms with Gasteiger partial charge in [-0.3, -0.25) is 9.59 Å².